The van der Waals surface area contributed by atoms with E-state index in [1.165, 1.54) is 17.7 Å². The number of amides is 1. The highest BCUT2D eigenvalue weighted by Crippen LogP contribution is 2.26. The summed E-state index contributed by atoms with van der Waals surface area (Å²) in [6.07, 6.45) is 4.15. The predicted octanol–water partition coefficient (Wildman–Crippen LogP) is 2.79. The molecule has 1 atom stereocenters. The van der Waals surface area contributed by atoms with Gasteiger partial charge in [-0.2, -0.15) is 0 Å². The SMILES string of the molecule is Cc1ccc2oc(C(=O)NC[C@H](c3ccco3)[NH+]3CCCC3)c(C)c2c1. The second kappa shape index (κ2) is 7.00. The molecule has 0 spiro atoms. The molecule has 0 aliphatic carbocycles. The van der Waals surface area contributed by atoms with Gasteiger partial charge >= 0.3 is 0 Å². The van der Waals surface area contributed by atoms with E-state index in [-0.39, 0.29) is 11.9 Å². The van der Waals surface area contributed by atoms with Crippen LogP contribution < -0.4 is 10.2 Å². The Bertz CT molecular complexity index is 905. The summed E-state index contributed by atoms with van der Waals surface area (Å²) in [5, 5.41) is 4.07. The number of fused-ring (bicyclic) bond motifs is 1. The van der Waals surface area contributed by atoms with Crippen molar-refractivity contribution in [3.05, 3.63) is 59.2 Å². The number of benzene rings is 1. The van der Waals surface area contributed by atoms with E-state index in [2.05, 4.69) is 11.4 Å². The van der Waals surface area contributed by atoms with Crippen molar-refractivity contribution in [2.45, 2.75) is 32.7 Å². The van der Waals surface area contributed by atoms with Crippen LogP contribution in [-0.4, -0.2) is 25.5 Å². The van der Waals surface area contributed by atoms with E-state index in [1.54, 1.807) is 6.26 Å². The molecule has 5 nitrogen and oxygen atoms in total. The van der Waals surface area contributed by atoms with Crippen LogP contribution in [0.25, 0.3) is 11.0 Å². The summed E-state index contributed by atoms with van der Waals surface area (Å²) in [6.45, 7) is 6.75. The monoisotopic (exact) mass is 353 g/mol. The molecule has 5 heteroatoms. The first-order valence-electron chi connectivity index (χ1n) is 9.29. The number of furan rings is 2. The molecule has 3 heterocycles. The van der Waals surface area contributed by atoms with Crippen molar-refractivity contribution in [1.82, 2.24) is 5.32 Å². The molecule has 136 valence electrons. The van der Waals surface area contributed by atoms with Crippen molar-refractivity contribution in [3.8, 4) is 0 Å². The van der Waals surface area contributed by atoms with E-state index >= 15 is 0 Å². The number of nitrogens with one attached hydrogen (secondary N) is 2. The van der Waals surface area contributed by atoms with Gasteiger partial charge in [-0.1, -0.05) is 11.6 Å². The van der Waals surface area contributed by atoms with Crippen LogP contribution in [0.4, 0.5) is 0 Å². The Morgan fingerprint density at radius 1 is 1.23 bits per heavy atom. The summed E-state index contributed by atoms with van der Waals surface area (Å²) in [4.78, 5) is 14.2. The lowest BCUT2D eigenvalue weighted by atomic mass is 10.1. The summed E-state index contributed by atoms with van der Waals surface area (Å²) in [6, 6.07) is 10.0. The molecule has 1 aliphatic heterocycles. The van der Waals surface area contributed by atoms with Gasteiger partial charge in [-0.15, -0.1) is 0 Å². The highest BCUT2D eigenvalue weighted by Gasteiger charge is 2.30. The Balaban J connectivity index is 1.53. The van der Waals surface area contributed by atoms with E-state index in [0.29, 0.717) is 12.3 Å². The number of carbonyl (C=O) groups is 1. The average molecular weight is 353 g/mol. The van der Waals surface area contributed by atoms with Crippen molar-refractivity contribution < 1.29 is 18.5 Å². The highest BCUT2D eigenvalue weighted by molar-refractivity contribution is 5.99. The van der Waals surface area contributed by atoms with Crippen LogP contribution >= 0.6 is 0 Å². The van der Waals surface area contributed by atoms with Crippen LogP contribution in [0.1, 0.15) is 46.3 Å². The fraction of sp³-hybridized carbons (Fsp3) is 0.381. The van der Waals surface area contributed by atoms with Crippen molar-refractivity contribution in [2.24, 2.45) is 0 Å². The molecule has 26 heavy (non-hydrogen) atoms. The molecule has 1 amide bonds. The first kappa shape index (κ1) is 16.9. The van der Waals surface area contributed by atoms with E-state index in [4.69, 9.17) is 8.83 Å². The van der Waals surface area contributed by atoms with Gasteiger partial charge < -0.3 is 19.1 Å². The zero-order chi connectivity index (χ0) is 18.1. The van der Waals surface area contributed by atoms with Gasteiger partial charge in [0.1, 0.15) is 5.58 Å². The van der Waals surface area contributed by atoms with Gasteiger partial charge in [0.25, 0.3) is 5.91 Å². The lowest BCUT2D eigenvalue weighted by molar-refractivity contribution is -0.919. The van der Waals surface area contributed by atoms with Crippen LogP contribution in [0.3, 0.4) is 0 Å². The number of quaternary nitrogens is 1. The molecule has 0 radical (unpaired) electrons. The molecule has 1 aliphatic rings. The molecule has 2 N–H and O–H groups in total. The minimum absolute atomic E-state index is 0.142. The molecule has 1 saturated heterocycles. The molecule has 2 aromatic heterocycles. The van der Waals surface area contributed by atoms with Gasteiger partial charge in [-0.25, -0.2) is 0 Å². The second-order valence-electron chi connectivity index (χ2n) is 7.20. The minimum atomic E-state index is -0.161. The van der Waals surface area contributed by atoms with Crippen molar-refractivity contribution in [2.75, 3.05) is 19.6 Å². The summed E-state index contributed by atoms with van der Waals surface area (Å²) >= 11 is 0. The van der Waals surface area contributed by atoms with E-state index in [0.717, 1.165) is 40.9 Å². The topological polar surface area (TPSA) is 59.8 Å². The molecule has 1 fully saturated rings. The maximum atomic E-state index is 12.8. The highest BCUT2D eigenvalue weighted by atomic mass is 16.3. The van der Waals surface area contributed by atoms with Crippen molar-refractivity contribution >= 4 is 16.9 Å². The van der Waals surface area contributed by atoms with Crippen molar-refractivity contribution in [1.29, 1.82) is 0 Å². The molecular formula is C21H25N2O3+. The fourth-order valence-corrected chi connectivity index (χ4v) is 3.94. The molecular weight excluding hydrogens is 328 g/mol. The Morgan fingerprint density at radius 2 is 2.04 bits per heavy atom. The Hall–Kier alpha value is -2.53. The smallest absolute Gasteiger partial charge is 0.287 e. The van der Waals surface area contributed by atoms with Crippen LogP contribution in [-0.2, 0) is 0 Å². The van der Waals surface area contributed by atoms with Crippen molar-refractivity contribution in [3.63, 3.8) is 0 Å². The largest absolute Gasteiger partial charge is 0.463 e. The number of aryl methyl sites for hydroxylation is 2. The summed E-state index contributed by atoms with van der Waals surface area (Å²) < 4.78 is 11.5. The maximum absolute atomic E-state index is 12.8. The standard InChI is InChI=1S/C21H24N2O3/c1-14-7-8-18-16(12-14)15(2)20(26-18)21(24)22-13-17(19-6-5-11-25-19)23-9-3-4-10-23/h5-8,11-12,17H,3-4,9-10,13H2,1-2H3,(H,22,24)/p+1/t17-/m1/s1. The van der Waals surface area contributed by atoms with Gasteiger partial charge in [0, 0.05) is 23.8 Å². The lowest BCUT2D eigenvalue weighted by Gasteiger charge is -2.23. The van der Waals surface area contributed by atoms with Crippen LogP contribution in [0.2, 0.25) is 0 Å². The molecule has 1 aromatic carbocycles. The molecule has 0 unspecified atom stereocenters. The Morgan fingerprint density at radius 3 is 2.77 bits per heavy atom. The van der Waals surface area contributed by atoms with Gasteiger partial charge in [0.15, 0.2) is 17.6 Å². The molecule has 3 aromatic rings. The third kappa shape index (κ3) is 3.15. The third-order valence-electron chi connectivity index (χ3n) is 5.39. The van der Waals surface area contributed by atoms with Gasteiger partial charge in [-0.05, 0) is 38.1 Å². The van der Waals surface area contributed by atoms with E-state index in [9.17, 15) is 4.79 Å². The minimum Gasteiger partial charge on any atom is -0.463 e. The number of rotatable bonds is 5. The summed E-state index contributed by atoms with van der Waals surface area (Å²) in [5.74, 6) is 1.17. The van der Waals surface area contributed by atoms with Crippen LogP contribution in [0.5, 0.6) is 0 Å². The first-order valence-corrected chi connectivity index (χ1v) is 9.29. The maximum Gasteiger partial charge on any atom is 0.287 e. The Kier molecular flexibility index (Phi) is 4.55. The second-order valence-corrected chi connectivity index (χ2v) is 7.20. The van der Waals surface area contributed by atoms with E-state index in [1.807, 2.05) is 38.1 Å². The average Bonchev–Trinajstić information content (AvgIpc) is 3.38. The zero-order valence-corrected chi connectivity index (χ0v) is 15.3. The molecule has 4 rings (SSSR count). The third-order valence-corrected chi connectivity index (χ3v) is 5.39. The number of carbonyl (C=O) groups excluding carboxylic acids is 1. The molecule has 0 bridgehead atoms. The first-order chi connectivity index (χ1) is 12.6. The van der Waals surface area contributed by atoms with Crippen LogP contribution in [0, 0.1) is 13.8 Å². The molecule has 0 saturated carbocycles. The Labute approximate surface area is 153 Å². The quantitative estimate of drug-likeness (QED) is 0.741. The van der Waals surface area contributed by atoms with Gasteiger partial charge in [0.2, 0.25) is 0 Å². The fourth-order valence-electron chi connectivity index (χ4n) is 3.94. The van der Waals surface area contributed by atoms with Crippen LogP contribution in [0.15, 0.2) is 45.4 Å². The summed E-state index contributed by atoms with van der Waals surface area (Å²) in [7, 11) is 0. The van der Waals surface area contributed by atoms with Gasteiger partial charge in [0.05, 0.1) is 25.9 Å². The summed E-state index contributed by atoms with van der Waals surface area (Å²) in [5.41, 5.74) is 2.80. The lowest BCUT2D eigenvalue weighted by Crippen LogP contribution is -3.11. The zero-order valence-electron chi connectivity index (χ0n) is 15.3. The number of hydrogen-bond donors (Lipinski definition) is 2. The number of likely N-dealkylation sites (tertiary alicyclic amines) is 1. The number of hydrogen-bond acceptors (Lipinski definition) is 3. The normalized spacial score (nSPS) is 16.2. The predicted molar refractivity (Wildman–Crippen MR) is 99.4 cm³/mol. The van der Waals surface area contributed by atoms with E-state index < -0.39 is 0 Å². The van der Waals surface area contributed by atoms with Gasteiger partial charge in [-0.3, -0.25) is 4.79 Å².